The SMILES string of the molecule is Cn1cc(/C(CC(c2ccc(S(C)(=O)=O)cc2)c2cc(Cl)ccc2Cl)=N/O)ccc1=O. The Morgan fingerprint density at radius 1 is 1.10 bits per heavy atom. The Balaban J connectivity index is 2.10. The summed E-state index contributed by atoms with van der Waals surface area (Å²) in [6, 6.07) is 14.5. The summed E-state index contributed by atoms with van der Waals surface area (Å²) in [6.45, 7) is 0. The van der Waals surface area contributed by atoms with Gasteiger partial charge in [0.1, 0.15) is 0 Å². The van der Waals surface area contributed by atoms with Crippen molar-refractivity contribution < 1.29 is 13.6 Å². The maximum Gasteiger partial charge on any atom is 0.250 e. The molecular weight excluding hydrogens is 459 g/mol. The quantitative estimate of drug-likeness (QED) is 0.321. The molecule has 0 fully saturated rings. The van der Waals surface area contributed by atoms with E-state index in [0.29, 0.717) is 26.9 Å². The van der Waals surface area contributed by atoms with Crippen molar-refractivity contribution in [3.8, 4) is 0 Å². The zero-order valence-corrected chi connectivity index (χ0v) is 19.1. The summed E-state index contributed by atoms with van der Waals surface area (Å²) in [5.74, 6) is -0.386. The van der Waals surface area contributed by atoms with Crippen molar-refractivity contribution in [2.24, 2.45) is 12.2 Å². The van der Waals surface area contributed by atoms with Crippen molar-refractivity contribution in [3.63, 3.8) is 0 Å². The van der Waals surface area contributed by atoms with E-state index in [2.05, 4.69) is 5.16 Å². The molecule has 1 unspecified atom stereocenters. The van der Waals surface area contributed by atoms with E-state index < -0.39 is 9.84 Å². The van der Waals surface area contributed by atoms with Crippen LogP contribution in [0.25, 0.3) is 0 Å². The molecule has 2 aromatic carbocycles. The molecule has 1 heterocycles. The molecule has 0 bridgehead atoms. The average molecular weight is 479 g/mol. The van der Waals surface area contributed by atoms with Crippen molar-refractivity contribution in [2.75, 3.05) is 6.26 Å². The summed E-state index contributed by atoms with van der Waals surface area (Å²) in [5.41, 5.74) is 2.19. The van der Waals surface area contributed by atoms with Gasteiger partial charge in [-0.05, 0) is 47.5 Å². The van der Waals surface area contributed by atoms with Crippen LogP contribution in [0.1, 0.15) is 29.0 Å². The van der Waals surface area contributed by atoms with Gasteiger partial charge in [0.15, 0.2) is 9.84 Å². The van der Waals surface area contributed by atoms with Crippen LogP contribution in [0.15, 0.2) is 75.6 Å². The predicted molar refractivity (Wildman–Crippen MR) is 122 cm³/mol. The molecule has 1 aromatic heterocycles. The zero-order valence-electron chi connectivity index (χ0n) is 16.8. The lowest BCUT2D eigenvalue weighted by Gasteiger charge is -2.21. The van der Waals surface area contributed by atoms with Gasteiger partial charge in [0.2, 0.25) is 5.56 Å². The highest BCUT2D eigenvalue weighted by atomic mass is 35.5. The average Bonchev–Trinajstić information content (AvgIpc) is 2.73. The molecule has 162 valence electrons. The van der Waals surface area contributed by atoms with Gasteiger partial charge in [-0.15, -0.1) is 0 Å². The van der Waals surface area contributed by atoms with E-state index in [1.54, 1.807) is 49.6 Å². The van der Waals surface area contributed by atoms with Gasteiger partial charge in [-0.25, -0.2) is 8.42 Å². The number of halogens is 2. The third kappa shape index (κ3) is 5.36. The van der Waals surface area contributed by atoms with Crippen molar-refractivity contribution in [2.45, 2.75) is 17.2 Å². The molecule has 6 nitrogen and oxygen atoms in total. The van der Waals surface area contributed by atoms with Crippen LogP contribution in [0.5, 0.6) is 0 Å². The molecule has 31 heavy (non-hydrogen) atoms. The van der Waals surface area contributed by atoms with Crippen LogP contribution in [0.4, 0.5) is 0 Å². The van der Waals surface area contributed by atoms with Crippen molar-refractivity contribution in [1.29, 1.82) is 0 Å². The second-order valence-corrected chi connectivity index (χ2v) is 10.0. The van der Waals surface area contributed by atoms with E-state index in [1.807, 2.05) is 0 Å². The first-order valence-corrected chi connectivity index (χ1v) is 11.9. The number of benzene rings is 2. The van der Waals surface area contributed by atoms with Gasteiger partial charge in [-0.3, -0.25) is 4.79 Å². The topological polar surface area (TPSA) is 88.7 Å². The molecule has 0 amide bonds. The maximum atomic E-state index is 11.8. The number of rotatable bonds is 6. The molecule has 0 aliphatic heterocycles. The molecule has 9 heteroatoms. The van der Waals surface area contributed by atoms with Crippen LogP contribution in [-0.2, 0) is 16.9 Å². The number of oxime groups is 1. The minimum absolute atomic E-state index is 0.188. The molecular formula is C22H20Cl2N2O4S. The summed E-state index contributed by atoms with van der Waals surface area (Å²) in [4.78, 5) is 11.9. The van der Waals surface area contributed by atoms with E-state index in [-0.39, 0.29) is 22.8 Å². The van der Waals surface area contributed by atoms with E-state index in [0.717, 1.165) is 11.8 Å². The van der Waals surface area contributed by atoms with E-state index in [4.69, 9.17) is 23.2 Å². The minimum atomic E-state index is -3.35. The van der Waals surface area contributed by atoms with Crippen molar-refractivity contribution in [3.05, 3.63) is 97.9 Å². The molecule has 1 atom stereocenters. The third-order valence-corrected chi connectivity index (χ3v) is 6.69. The monoisotopic (exact) mass is 478 g/mol. The van der Waals surface area contributed by atoms with E-state index in [9.17, 15) is 18.4 Å². The van der Waals surface area contributed by atoms with Crippen LogP contribution in [-0.4, -0.2) is 30.2 Å². The van der Waals surface area contributed by atoms with Gasteiger partial charge >= 0.3 is 0 Å². The lowest BCUT2D eigenvalue weighted by Crippen LogP contribution is -2.18. The standard InChI is InChI=1S/C22H20Cl2N2O4S/c1-26-13-15(5-10-22(26)27)21(25-28)12-18(19-11-16(23)6-9-20(19)24)14-3-7-17(8-4-14)31(2,29)30/h3-11,13,18,28H,12H2,1-2H3/b25-21+. The van der Waals surface area contributed by atoms with Gasteiger partial charge in [0, 0.05) is 53.5 Å². The first-order chi connectivity index (χ1) is 14.6. The van der Waals surface area contributed by atoms with Crippen LogP contribution in [0, 0.1) is 0 Å². The largest absolute Gasteiger partial charge is 0.411 e. The highest BCUT2D eigenvalue weighted by Crippen LogP contribution is 2.36. The number of aromatic nitrogens is 1. The number of hydrogen-bond acceptors (Lipinski definition) is 5. The van der Waals surface area contributed by atoms with Crippen LogP contribution < -0.4 is 5.56 Å². The molecule has 0 radical (unpaired) electrons. The number of sulfone groups is 1. The maximum absolute atomic E-state index is 11.8. The van der Waals surface area contributed by atoms with Gasteiger partial charge in [0.25, 0.3) is 0 Å². The Hall–Kier alpha value is -2.61. The summed E-state index contributed by atoms with van der Waals surface area (Å²) >= 11 is 12.7. The fraction of sp³-hybridized carbons (Fsp3) is 0.182. The smallest absolute Gasteiger partial charge is 0.250 e. The molecule has 0 saturated heterocycles. The van der Waals surface area contributed by atoms with Crippen LogP contribution in [0.2, 0.25) is 10.0 Å². The fourth-order valence-electron chi connectivity index (χ4n) is 3.31. The predicted octanol–water partition coefficient (Wildman–Crippen LogP) is 4.50. The number of aryl methyl sites for hydroxylation is 1. The van der Waals surface area contributed by atoms with Crippen LogP contribution in [0.3, 0.4) is 0 Å². The Bertz CT molecular complexity index is 1300. The molecule has 0 aliphatic carbocycles. The molecule has 0 aliphatic rings. The van der Waals surface area contributed by atoms with Gasteiger partial charge in [-0.2, -0.15) is 0 Å². The first kappa shape index (κ1) is 23.1. The first-order valence-electron chi connectivity index (χ1n) is 9.23. The van der Waals surface area contributed by atoms with Gasteiger partial charge in [-0.1, -0.05) is 40.5 Å². The Morgan fingerprint density at radius 2 is 1.77 bits per heavy atom. The molecule has 3 rings (SSSR count). The normalized spacial score (nSPS) is 13.2. The zero-order chi connectivity index (χ0) is 22.8. The highest BCUT2D eigenvalue weighted by Gasteiger charge is 2.22. The second kappa shape index (κ2) is 9.26. The van der Waals surface area contributed by atoms with Crippen LogP contribution >= 0.6 is 23.2 Å². The molecule has 0 saturated carbocycles. The summed E-state index contributed by atoms with van der Waals surface area (Å²) in [6.07, 6.45) is 2.96. The molecule has 0 spiro atoms. The Kier molecular flexibility index (Phi) is 6.89. The second-order valence-electron chi connectivity index (χ2n) is 7.18. The number of hydrogen-bond donors (Lipinski definition) is 1. The third-order valence-electron chi connectivity index (χ3n) is 4.98. The molecule has 3 aromatic rings. The lowest BCUT2D eigenvalue weighted by atomic mass is 9.85. The lowest BCUT2D eigenvalue weighted by molar-refractivity contribution is 0.317. The fourth-order valence-corrected chi connectivity index (χ4v) is 4.37. The summed E-state index contributed by atoms with van der Waals surface area (Å²) in [7, 11) is -1.74. The van der Waals surface area contributed by atoms with Gasteiger partial charge < -0.3 is 9.77 Å². The highest BCUT2D eigenvalue weighted by molar-refractivity contribution is 7.90. The number of nitrogens with zero attached hydrogens (tertiary/aromatic N) is 2. The Morgan fingerprint density at radius 3 is 2.35 bits per heavy atom. The van der Waals surface area contributed by atoms with Crippen molar-refractivity contribution >= 4 is 38.8 Å². The molecule has 1 N–H and O–H groups in total. The summed E-state index contributed by atoms with van der Waals surface area (Å²) < 4.78 is 25.1. The minimum Gasteiger partial charge on any atom is -0.411 e. The van der Waals surface area contributed by atoms with Crippen molar-refractivity contribution in [1.82, 2.24) is 4.57 Å². The van der Waals surface area contributed by atoms with E-state index in [1.165, 1.54) is 22.8 Å². The number of pyridine rings is 1. The van der Waals surface area contributed by atoms with E-state index >= 15 is 0 Å². The van der Waals surface area contributed by atoms with Gasteiger partial charge in [0.05, 0.1) is 10.6 Å². The Labute approximate surface area is 190 Å². The summed E-state index contributed by atoms with van der Waals surface area (Å²) in [5, 5.41) is 14.1.